The number of rotatable bonds is 4. The molecule has 0 spiro atoms. The number of carbonyl (C=O) groups is 1. The number of fused-ring (bicyclic) bond motifs is 1. The van der Waals surface area contributed by atoms with Gasteiger partial charge < -0.3 is 9.67 Å². The fraction of sp³-hybridized carbons (Fsp3) is 0.231. The second kappa shape index (κ2) is 4.41. The van der Waals surface area contributed by atoms with Crippen molar-refractivity contribution in [1.29, 1.82) is 0 Å². The first kappa shape index (κ1) is 11.4. The van der Waals surface area contributed by atoms with E-state index in [-0.39, 0.29) is 6.42 Å². The summed E-state index contributed by atoms with van der Waals surface area (Å²) in [5.74, 6) is -0.305. The molecule has 0 radical (unpaired) electrons. The number of hydrogen-bond acceptors (Lipinski definition) is 2. The number of allylic oxidation sites excluding steroid dienone is 1. The van der Waals surface area contributed by atoms with E-state index in [1.807, 2.05) is 29.7 Å². The number of benzene rings is 1. The fourth-order valence-corrected chi connectivity index (χ4v) is 1.89. The Morgan fingerprint density at radius 3 is 3.00 bits per heavy atom. The Bertz CT molecular complexity index is 584. The highest BCUT2D eigenvalue weighted by molar-refractivity contribution is 5.78. The highest BCUT2D eigenvalue weighted by atomic mass is 16.4. The highest BCUT2D eigenvalue weighted by Crippen LogP contribution is 2.18. The SMILES string of the molecule is C=CCn1c(CC(=O)O)nc2cc(C)ccc21. The van der Waals surface area contributed by atoms with Crippen LogP contribution in [-0.4, -0.2) is 20.6 Å². The number of aliphatic carboxylic acids is 1. The summed E-state index contributed by atoms with van der Waals surface area (Å²) in [6, 6.07) is 5.92. The van der Waals surface area contributed by atoms with E-state index in [9.17, 15) is 4.79 Å². The summed E-state index contributed by atoms with van der Waals surface area (Å²) in [6.07, 6.45) is 1.67. The third kappa shape index (κ3) is 2.20. The number of aryl methyl sites for hydroxylation is 1. The van der Waals surface area contributed by atoms with Crippen molar-refractivity contribution >= 4 is 17.0 Å². The average molecular weight is 230 g/mol. The first-order valence-corrected chi connectivity index (χ1v) is 5.40. The first-order chi connectivity index (χ1) is 8.11. The van der Waals surface area contributed by atoms with Crippen molar-refractivity contribution < 1.29 is 9.90 Å². The lowest BCUT2D eigenvalue weighted by atomic mass is 10.2. The lowest BCUT2D eigenvalue weighted by Gasteiger charge is -2.04. The van der Waals surface area contributed by atoms with E-state index >= 15 is 0 Å². The predicted octanol–water partition coefficient (Wildman–Crippen LogP) is 2.16. The molecule has 4 heteroatoms. The molecule has 0 aliphatic carbocycles. The minimum atomic E-state index is -0.873. The molecule has 0 atom stereocenters. The van der Waals surface area contributed by atoms with Gasteiger partial charge in [0.25, 0.3) is 0 Å². The quantitative estimate of drug-likeness (QED) is 0.819. The Labute approximate surface area is 99.2 Å². The lowest BCUT2D eigenvalue weighted by Crippen LogP contribution is -2.08. The summed E-state index contributed by atoms with van der Waals surface area (Å²) in [5.41, 5.74) is 2.90. The number of carboxylic acids is 1. The summed E-state index contributed by atoms with van der Waals surface area (Å²) >= 11 is 0. The molecule has 1 N–H and O–H groups in total. The van der Waals surface area contributed by atoms with Crippen molar-refractivity contribution in [2.45, 2.75) is 19.9 Å². The molecule has 88 valence electrons. The molecule has 17 heavy (non-hydrogen) atoms. The monoisotopic (exact) mass is 230 g/mol. The van der Waals surface area contributed by atoms with E-state index < -0.39 is 5.97 Å². The number of aromatic nitrogens is 2. The minimum Gasteiger partial charge on any atom is -0.481 e. The first-order valence-electron chi connectivity index (χ1n) is 5.40. The molecule has 0 unspecified atom stereocenters. The predicted molar refractivity (Wildman–Crippen MR) is 66.0 cm³/mol. The third-order valence-corrected chi connectivity index (χ3v) is 2.60. The van der Waals surface area contributed by atoms with Crippen molar-refractivity contribution in [3.63, 3.8) is 0 Å². The molecule has 2 aromatic rings. The van der Waals surface area contributed by atoms with Gasteiger partial charge in [-0.05, 0) is 24.6 Å². The fourth-order valence-electron chi connectivity index (χ4n) is 1.89. The Kier molecular flexibility index (Phi) is 2.95. The zero-order valence-electron chi connectivity index (χ0n) is 9.68. The van der Waals surface area contributed by atoms with Crippen molar-refractivity contribution in [1.82, 2.24) is 9.55 Å². The van der Waals surface area contributed by atoms with E-state index in [0.29, 0.717) is 12.4 Å². The van der Waals surface area contributed by atoms with E-state index in [0.717, 1.165) is 16.6 Å². The molecule has 1 aromatic heterocycles. The van der Waals surface area contributed by atoms with Gasteiger partial charge >= 0.3 is 5.97 Å². The molecule has 0 bridgehead atoms. The van der Waals surface area contributed by atoms with Crippen LogP contribution in [0.2, 0.25) is 0 Å². The molecule has 1 heterocycles. The van der Waals surface area contributed by atoms with E-state index in [4.69, 9.17) is 5.11 Å². The number of nitrogens with zero attached hydrogens (tertiary/aromatic N) is 2. The second-order valence-corrected chi connectivity index (χ2v) is 3.99. The Morgan fingerprint density at radius 1 is 1.59 bits per heavy atom. The van der Waals surface area contributed by atoms with E-state index in [2.05, 4.69) is 11.6 Å². The molecule has 4 nitrogen and oxygen atoms in total. The Morgan fingerprint density at radius 2 is 2.35 bits per heavy atom. The summed E-state index contributed by atoms with van der Waals surface area (Å²) in [6.45, 7) is 6.24. The summed E-state index contributed by atoms with van der Waals surface area (Å²) in [7, 11) is 0. The van der Waals surface area contributed by atoms with Gasteiger partial charge in [-0.2, -0.15) is 0 Å². The molecule has 0 amide bonds. The number of hydrogen-bond donors (Lipinski definition) is 1. The van der Waals surface area contributed by atoms with Crippen LogP contribution in [0.4, 0.5) is 0 Å². The molecule has 0 saturated heterocycles. The van der Waals surface area contributed by atoms with Gasteiger partial charge in [-0.1, -0.05) is 12.1 Å². The maximum absolute atomic E-state index is 10.8. The van der Waals surface area contributed by atoms with Gasteiger partial charge in [0.15, 0.2) is 0 Å². The van der Waals surface area contributed by atoms with Gasteiger partial charge in [-0.25, -0.2) is 4.98 Å². The molecule has 0 aliphatic heterocycles. The van der Waals surface area contributed by atoms with Crippen LogP contribution in [0.5, 0.6) is 0 Å². The van der Waals surface area contributed by atoms with Crippen LogP contribution in [0, 0.1) is 6.92 Å². The Balaban J connectivity index is 2.60. The highest BCUT2D eigenvalue weighted by Gasteiger charge is 2.12. The normalized spacial score (nSPS) is 10.6. The van der Waals surface area contributed by atoms with Gasteiger partial charge in [0.05, 0.1) is 11.0 Å². The molecule has 2 rings (SSSR count). The van der Waals surface area contributed by atoms with Gasteiger partial charge in [-0.3, -0.25) is 4.79 Å². The van der Waals surface area contributed by atoms with Gasteiger partial charge in [0.2, 0.25) is 0 Å². The van der Waals surface area contributed by atoms with Gasteiger partial charge in [0.1, 0.15) is 12.2 Å². The van der Waals surface area contributed by atoms with E-state index in [1.54, 1.807) is 6.08 Å². The number of imidazole rings is 1. The van der Waals surface area contributed by atoms with Crippen LogP contribution in [-0.2, 0) is 17.8 Å². The van der Waals surface area contributed by atoms with Crippen molar-refractivity contribution in [2.24, 2.45) is 0 Å². The molecule has 0 saturated carbocycles. The summed E-state index contributed by atoms with van der Waals surface area (Å²) in [4.78, 5) is 15.2. The topological polar surface area (TPSA) is 55.1 Å². The van der Waals surface area contributed by atoms with Crippen LogP contribution in [0.1, 0.15) is 11.4 Å². The molecular weight excluding hydrogens is 216 g/mol. The molecule has 0 fully saturated rings. The smallest absolute Gasteiger partial charge is 0.311 e. The summed E-state index contributed by atoms with van der Waals surface area (Å²) < 4.78 is 1.88. The third-order valence-electron chi connectivity index (χ3n) is 2.60. The van der Waals surface area contributed by atoms with Crippen LogP contribution in [0.3, 0.4) is 0 Å². The van der Waals surface area contributed by atoms with Crippen LogP contribution < -0.4 is 0 Å². The van der Waals surface area contributed by atoms with E-state index in [1.165, 1.54) is 0 Å². The second-order valence-electron chi connectivity index (χ2n) is 3.99. The van der Waals surface area contributed by atoms with Crippen molar-refractivity contribution in [3.05, 3.63) is 42.2 Å². The zero-order chi connectivity index (χ0) is 12.4. The minimum absolute atomic E-state index is 0.0679. The van der Waals surface area contributed by atoms with Crippen LogP contribution >= 0.6 is 0 Å². The maximum atomic E-state index is 10.8. The zero-order valence-corrected chi connectivity index (χ0v) is 9.68. The Hall–Kier alpha value is -2.10. The molecular formula is C13H14N2O2. The van der Waals surface area contributed by atoms with Gasteiger partial charge in [0, 0.05) is 6.54 Å². The van der Waals surface area contributed by atoms with Gasteiger partial charge in [-0.15, -0.1) is 6.58 Å². The lowest BCUT2D eigenvalue weighted by molar-refractivity contribution is -0.136. The van der Waals surface area contributed by atoms with Crippen LogP contribution in [0.25, 0.3) is 11.0 Å². The summed E-state index contributed by atoms with van der Waals surface area (Å²) in [5, 5.41) is 8.86. The maximum Gasteiger partial charge on any atom is 0.311 e. The largest absolute Gasteiger partial charge is 0.481 e. The van der Waals surface area contributed by atoms with Crippen LogP contribution in [0.15, 0.2) is 30.9 Å². The molecule has 0 aliphatic rings. The average Bonchev–Trinajstić information content (AvgIpc) is 2.55. The van der Waals surface area contributed by atoms with Crippen molar-refractivity contribution in [3.8, 4) is 0 Å². The number of carboxylic acid groups (broad SMARTS) is 1. The standard InChI is InChI=1S/C13H14N2O2/c1-3-6-15-11-5-4-9(2)7-10(11)14-12(15)8-13(16)17/h3-5,7H,1,6,8H2,2H3,(H,16,17). The van der Waals surface area contributed by atoms with Crippen molar-refractivity contribution in [2.75, 3.05) is 0 Å². The molecule has 1 aromatic carbocycles.